The van der Waals surface area contributed by atoms with Gasteiger partial charge in [0.15, 0.2) is 0 Å². The molecule has 0 saturated heterocycles. The number of halogens is 1. The summed E-state index contributed by atoms with van der Waals surface area (Å²) in [5.41, 5.74) is 7.67. The van der Waals surface area contributed by atoms with Crippen LogP contribution >= 0.6 is 23.4 Å². The maximum Gasteiger partial charge on any atom is 0.123 e. The van der Waals surface area contributed by atoms with Gasteiger partial charge in [-0.1, -0.05) is 23.7 Å². The fourth-order valence-electron chi connectivity index (χ4n) is 1.73. The normalized spacial score (nSPS) is 10.4. The molecule has 0 saturated carbocycles. The monoisotopic (exact) mass is 293 g/mol. The Kier molecular flexibility index (Phi) is 5.00. The maximum absolute atomic E-state index is 6.15. The number of benzene rings is 2. The van der Waals surface area contributed by atoms with Crippen molar-refractivity contribution in [2.24, 2.45) is 0 Å². The first-order valence-electron chi connectivity index (χ1n) is 6.09. The molecule has 0 atom stereocenters. The predicted octanol–water partition coefficient (Wildman–Crippen LogP) is 4.61. The van der Waals surface area contributed by atoms with Crippen molar-refractivity contribution in [2.75, 3.05) is 12.3 Å². The van der Waals surface area contributed by atoms with Crippen LogP contribution in [0, 0.1) is 0 Å². The zero-order valence-corrected chi connectivity index (χ0v) is 12.3. The molecule has 0 fully saturated rings. The van der Waals surface area contributed by atoms with Crippen LogP contribution in [-0.2, 0) is 5.75 Å². The van der Waals surface area contributed by atoms with Crippen LogP contribution in [0.3, 0.4) is 0 Å². The van der Waals surface area contributed by atoms with Crippen LogP contribution in [-0.4, -0.2) is 6.61 Å². The van der Waals surface area contributed by atoms with Gasteiger partial charge >= 0.3 is 0 Å². The van der Waals surface area contributed by atoms with Crippen LogP contribution in [0.25, 0.3) is 0 Å². The summed E-state index contributed by atoms with van der Waals surface area (Å²) in [5, 5.41) is 0.773. The molecular formula is C15H16ClNOS. The van der Waals surface area contributed by atoms with Crippen molar-refractivity contribution in [3.8, 4) is 5.75 Å². The zero-order chi connectivity index (χ0) is 13.7. The van der Waals surface area contributed by atoms with Gasteiger partial charge in [-0.25, -0.2) is 0 Å². The third-order valence-electron chi connectivity index (χ3n) is 2.60. The van der Waals surface area contributed by atoms with Crippen LogP contribution in [0.5, 0.6) is 5.75 Å². The number of thioether (sulfide) groups is 1. The Hall–Kier alpha value is -1.32. The van der Waals surface area contributed by atoms with E-state index in [4.69, 9.17) is 22.1 Å². The van der Waals surface area contributed by atoms with Crippen molar-refractivity contribution < 1.29 is 4.74 Å². The van der Waals surface area contributed by atoms with Gasteiger partial charge in [0.05, 0.1) is 11.6 Å². The van der Waals surface area contributed by atoms with Crippen molar-refractivity contribution in [3.63, 3.8) is 0 Å². The lowest BCUT2D eigenvalue weighted by atomic mass is 10.2. The molecule has 2 rings (SSSR count). The Bertz CT molecular complexity index is 560. The quantitative estimate of drug-likeness (QED) is 0.646. The number of anilines is 1. The third kappa shape index (κ3) is 3.82. The Labute approximate surface area is 122 Å². The SMILES string of the molecule is CCOc1ccc(N)cc1CSc1ccccc1Cl. The standard InChI is InChI=1S/C15H16ClNOS/c1-2-18-14-8-7-12(17)9-11(14)10-19-15-6-4-3-5-13(15)16/h3-9H,2,10,17H2,1H3. The van der Waals surface area contributed by atoms with E-state index in [1.165, 1.54) is 0 Å². The van der Waals surface area contributed by atoms with Gasteiger partial charge in [-0.2, -0.15) is 0 Å². The largest absolute Gasteiger partial charge is 0.494 e. The first-order chi connectivity index (χ1) is 9.20. The molecule has 2 aromatic rings. The second-order valence-electron chi connectivity index (χ2n) is 4.02. The molecule has 0 heterocycles. The van der Waals surface area contributed by atoms with E-state index in [9.17, 15) is 0 Å². The summed E-state index contributed by atoms with van der Waals surface area (Å²) in [6, 6.07) is 13.5. The number of nitrogen functional groups attached to an aromatic ring is 1. The van der Waals surface area contributed by atoms with E-state index < -0.39 is 0 Å². The molecule has 2 nitrogen and oxygen atoms in total. The highest BCUT2D eigenvalue weighted by Crippen LogP contribution is 2.33. The molecule has 100 valence electrons. The van der Waals surface area contributed by atoms with Crippen molar-refractivity contribution in [1.29, 1.82) is 0 Å². The van der Waals surface area contributed by atoms with Crippen molar-refractivity contribution in [3.05, 3.63) is 53.1 Å². The maximum atomic E-state index is 6.15. The van der Waals surface area contributed by atoms with Crippen LogP contribution in [0.4, 0.5) is 5.69 Å². The Morgan fingerprint density at radius 3 is 2.74 bits per heavy atom. The lowest BCUT2D eigenvalue weighted by Crippen LogP contribution is -1.97. The highest BCUT2D eigenvalue weighted by Gasteiger charge is 2.06. The summed E-state index contributed by atoms with van der Waals surface area (Å²) < 4.78 is 5.61. The van der Waals surface area contributed by atoms with Gasteiger partial charge in [0.2, 0.25) is 0 Å². The summed E-state index contributed by atoms with van der Waals surface area (Å²) in [6.45, 7) is 2.62. The molecule has 0 aliphatic carbocycles. The van der Waals surface area contributed by atoms with Gasteiger partial charge in [-0.3, -0.25) is 0 Å². The van der Waals surface area contributed by atoms with Gasteiger partial charge in [0.1, 0.15) is 5.75 Å². The minimum absolute atomic E-state index is 0.647. The van der Waals surface area contributed by atoms with Crippen molar-refractivity contribution in [2.45, 2.75) is 17.6 Å². The van der Waals surface area contributed by atoms with E-state index in [1.807, 2.05) is 49.4 Å². The highest BCUT2D eigenvalue weighted by atomic mass is 35.5. The number of nitrogens with two attached hydrogens (primary N) is 1. The Balaban J connectivity index is 2.14. The molecule has 0 aliphatic heterocycles. The molecule has 4 heteroatoms. The molecule has 0 aliphatic rings. The molecule has 19 heavy (non-hydrogen) atoms. The van der Waals surface area contributed by atoms with Crippen molar-refractivity contribution in [1.82, 2.24) is 0 Å². The van der Waals surface area contributed by atoms with Gasteiger partial charge < -0.3 is 10.5 Å². The molecule has 2 N–H and O–H groups in total. The Morgan fingerprint density at radius 1 is 1.21 bits per heavy atom. The van der Waals surface area contributed by atoms with Gasteiger partial charge in [0, 0.05) is 21.9 Å². The fraction of sp³-hybridized carbons (Fsp3) is 0.200. The number of ether oxygens (including phenoxy) is 1. The molecule has 0 radical (unpaired) electrons. The lowest BCUT2D eigenvalue weighted by Gasteiger charge is -2.11. The molecule has 0 bridgehead atoms. The molecule has 0 unspecified atom stereocenters. The molecule has 0 amide bonds. The minimum Gasteiger partial charge on any atom is -0.494 e. The topological polar surface area (TPSA) is 35.2 Å². The van der Waals surface area contributed by atoms with E-state index in [1.54, 1.807) is 11.8 Å². The molecule has 0 aromatic heterocycles. The van der Waals surface area contributed by atoms with Gasteiger partial charge in [0.25, 0.3) is 0 Å². The highest BCUT2D eigenvalue weighted by molar-refractivity contribution is 7.98. The molecular weight excluding hydrogens is 278 g/mol. The minimum atomic E-state index is 0.647. The summed E-state index contributed by atoms with van der Waals surface area (Å²) in [4.78, 5) is 1.06. The van der Waals surface area contributed by atoms with Crippen molar-refractivity contribution >= 4 is 29.1 Å². The second-order valence-corrected chi connectivity index (χ2v) is 5.44. The van der Waals surface area contributed by atoms with E-state index in [0.29, 0.717) is 6.61 Å². The van der Waals surface area contributed by atoms with E-state index in [2.05, 4.69) is 0 Å². The lowest BCUT2D eigenvalue weighted by molar-refractivity contribution is 0.337. The molecule has 2 aromatic carbocycles. The summed E-state index contributed by atoms with van der Waals surface area (Å²) in [5.74, 6) is 1.67. The number of hydrogen-bond acceptors (Lipinski definition) is 3. The third-order valence-corrected chi connectivity index (χ3v) is 4.17. The smallest absolute Gasteiger partial charge is 0.123 e. The average molecular weight is 294 g/mol. The first kappa shape index (κ1) is 14.1. The fourth-order valence-corrected chi connectivity index (χ4v) is 2.94. The summed E-state index contributed by atoms with van der Waals surface area (Å²) >= 11 is 7.83. The molecule has 0 spiro atoms. The van der Waals surface area contributed by atoms with Gasteiger partial charge in [-0.05, 0) is 37.3 Å². The van der Waals surface area contributed by atoms with E-state index in [-0.39, 0.29) is 0 Å². The van der Waals surface area contributed by atoms with Crippen LogP contribution in [0.1, 0.15) is 12.5 Å². The van der Waals surface area contributed by atoms with Crippen LogP contribution in [0.15, 0.2) is 47.4 Å². The van der Waals surface area contributed by atoms with Crippen LogP contribution < -0.4 is 10.5 Å². The Morgan fingerprint density at radius 2 is 2.00 bits per heavy atom. The summed E-state index contributed by atoms with van der Waals surface area (Å²) in [6.07, 6.45) is 0. The number of hydrogen-bond donors (Lipinski definition) is 1. The van der Waals surface area contributed by atoms with E-state index in [0.717, 1.165) is 32.7 Å². The number of rotatable bonds is 5. The second kappa shape index (κ2) is 6.73. The zero-order valence-electron chi connectivity index (χ0n) is 10.7. The summed E-state index contributed by atoms with van der Waals surface area (Å²) in [7, 11) is 0. The van der Waals surface area contributed by atoms with Crippen LogP contribution in [0.2, 0.25) is 5.02 Å². The predicted molar refractivity (Wildman–Crippen MR) is 83.0 cm³/mol. The first-order valence-corrected chi connectivity index (χ1v) is 7.45. The van der Waals surface area contributed by atoms with E-state index >= 15 is 0 Å². The van der Waals surface area contributed by atoms with Gasteiger partial charge in [-0.15, -0.1) is 11.8 Å². The average Bonchev–Trinajstić information content (AvgIpc) is 2.41.